The predicted molar refractivity (Wildman–Crippen MR) is 132 cm³/mol. The minimum Gasteiger partial charge on any atom is -0.481 e. The first-order valence-electron chi connectivity index (χ1n) is 12.5. The fourth-order valence-corrected chi connectivity index (χ4v) is 2.67. The number of unbranched alkanes of at least 4 members (excludes halogenated alkanes) is 9. The Morgan fingerprint density at radius 1 is 0.697 bits per heavy atom. The van der Waals surface area contributed by atoms with Gasteiger partial charge in [0.2, 0.25) is 11.8 Å². The number of carboxylic acids is 2. The van der Waals surface area contributed by atoms with Crippen LogP contribution in [0.3, 0.4) is 0 Å². The molecule has 0 heterocycles. The van der Waals surface area contributed by atoms with E-state index in [9.17, 15) is 19.2 Å². The Hall–Kier alpha value is -2.16. The van der Waals surface area contributed by atoms with Crippen LogP contribution < -0.4 is 16.4 Å². The van der Waals surface area contributed by atoms with Gasteiger partial charge in [-0.15, -0.1) is 0 Å². The van der Waals surface area contributed by atoms with Crippen LogP contribution in [0.15, 0.2) is 0 Å². The van der Waals surface area contributed by atoms with Crippen molar-refractivity contribution in [3.63, 3.8) is 0 Å². The Morgan fingerprint density at radius 2 is 1.09 bits per heavy atom. The van der Waals surface area contributed by atoms with Crippen LogP contribution in [0.2, 0.25) is 0 Å². The van der Waals surface area contributed by atoms with Gasteiger partial charge in [0, 0.05) is 19.4 Å². The highest BCUT2D eigenvalue weighted by atomic mass is 16.4. The van der Waals surface area contributed by atoms with E-state index in [1.54, 1.807) is 0 Å². The van der Waals surface area contributed by atoms with E-state index in [-0.39, 0.29) is 18.9 Å². The minimum absolute atomic E-state index is 0.0171. The van der Waals surface area contributed by atoms with Crippen LogP contribution in [0.25, 0.3) is 0 Å². The van der Waals surface area contributed by atoms with Crippen LogP contribution in [-0.4, -0.2) is 53.1 Å². The van der Waals surface area contributed by atoms with E-state index in [2.05, 4.69) is 24.5 Å². The normalized spacial score (nSPS) is 10.6. The molecule has 2 amide bonds. The summed E-state index contributed by atoms with van der Waals surface area (Å²) in [5.74, 6) is -2.65. The number of carbonyl (C=O) groups is 4. The number of carboxylic acid groups (broad SMARTS) is 2. The molecule has 196 valence electrons. The lowest BCUT2D eigenvalue weighted by atomic mass is 10.1. The molecule has 0 aliphatic rings. The molecule has 0 aromatic carbocycles. The summed E-state index contributed by atoms with van der Waals surface area (Å²) in [5, 5.41) is 21.8. The van der Waals surface area contributed by atoms with Crippen LogP contribution in [0.1, 0.15) is 111 Å². The van der Waals surface area contributed by atoms with Crippen molar-refractivity contribution in [1.29, 1.82) is 0 Å². The monoisotopic (exact) mass is 475 g/mol. The van der Waals surface area contributed by atoms with Gasteiger partial charge in [-0.25, -0.2) is 0 Å². The van der Waals surface area contributed by atoms with Gasteiger partial charge in [0.25, 0.3) is 0 Å². The highest BCUT2D eigenvalue weighted by Crippen LogP contribution is 2.12. The molecular formula is C24H49N3O6. The Balaban J connectivity index is -0.00000165. The summed E-state index contributed by atoms with van der Waals surface area (Å²) in [6, 6.07) is -0.965. The van der Waals surface area contributed by atoms with Gasteiger partial charge in [0.15, 0.2) is 0 Å². The first-order chi connectivity index (χ1) is 15.7. The number of hydrogen-bond acceptors (Lipinski definition) is 5. The molecule has 0 aromatic heterocycles. The number of aliphatic carboxylic acids is 2. The lowest BCUT2D eigenvalue weighted by Gasteiger charge is -2.12. The number of nitrogens with one attached hydrogen (secondary N) is 2. The molecule has 0 aliphatic heterocycles. The van der Waals surface area contributed by atoms with Gasteiger partial charge in [-0.05, 0) is 12.8 Å². The zero-order valence-electron chi connectivity index (χ0n) is 21.3. The average molecular weight is 476 g/mol. The van der Waals surface area contributed by atoms with Crippen molar-refractivity contribution in [3.05, 3.63) is 0 Å². The summed E-state index contributed by atoms with van der Waals surface area (Å²) < 4.78 is 0. The van der Waals surface area contributed by atoms with E-state index in [1.165, 1.54) is 6.42 Å². The van der Waals surface area contributed by atoms with Crippen molar-refractivity contribution in [3.8, 4) is 0 Å². The van der Waals surface area contributed by atoms with Crippen molar-refractivity contribution < 1.29 is 29.4 Å². The maximum absolute atomic E-state index is 11.7. The molecule has 0 aromatic rings. The van der Waals surface area contributed by atoms with Crippen molar-refractivity contribution >= 4 is 23.8 Å². The fraction of sp³-hybridized carbons (Fsp3) is 0.833. The summed E-state index contributed by atoms with van der Waals surface area (Å²) in [6.45, 7) is 7.74. The molecule has 0 spiro atoms. The summed E-state index contributed by atoms with van der Waals surface area (Å²) in [6.07, 6.45) is 12.1. The third-order valence-electron chi connectivity index (χ3n) is 4.31. The summed E-state index contributed by atoms with van der Waals surface area (Å²) in [4.78, 5) is 43.9. The zero-order chi connectivity index (χ0) is 25.9. The van der Waals surface area contributed by atoms with Gasteiger partial charge < -0.3 is 26.6 Å². The third kappa shape index (κ3) is 32.1. The largest absolute Gasteiger partial charge is 0.481 e. The molecule has 1 unspecified atom stereocenters. The molecule has 6 N–H and O–H groups in total. The molecular weight excluding hydrogens is 426 g/mol. The number of hydrogen-bond donors (Lipinski definition) is 5. The van der Waals surface area contributed by atoms with E-state index >= 15 is 0 Å². The van der Waals surface area contributed by atoms with Gasteiger partial charge in [-0.3, -0.25) is 19.2 Å². The van der Waals surface area contributed by atoms with Crippen molar-refractivity contribution in [2.75, 3.05) is 13.1 Å². The van der Waals surface area contributed by atoms with E-state index in [4.69, 9.17) is 15.9 Å². The van der Waals surface area contributed by atoms with Gasteiger partial charge in [-0.1, -0.05) is 85.5 Å². The van der Waals surface area contributed by atoms with E-state index in [0.29, 0.717) is 6.42 Å². The molecule has 0 aliphatic carbocycles. The maximum Gasteiger partial charge on any atom is 0.322 e. The molecule has 33 heavy (non-hydrogen) atoms. The number of carbonyl (C=O) groups excluding carboxylic acids is 2. The topological polar surface area (TPSA) is 159 Å². The number of rotatable bonds is 18. The lowest BCUT2D eigenvalue weighted by Crippen LogP contribution is -2.48. The molecule has 0 fully saturated rings. The van der Waals surface area contributed by atoms with Crippen molar-refractivity contribution in [1.82, 2.24) is 10.6 Å². The Labute approximate surface area is 200 Å². The van der Waals surface area contributed by atoms with Crippen molar-refractivity contribution in [2.45, 2.75) is 117 Å². The molecule has 0 rings (SSSR count). The standard InChI is InChI=1S/C19H35N3O6.C3H8.C2H6/c20-15(19(28)22-14-18(26)27)13-21-16(23)11-9-7-5-3-1-2-4-6-8-10-12-17(24)25;1-3-2;1-2/h15H,1-14,20H2,(H,21,23)(H,22,28)(H,24,25)(H,26,27);3H2,1-2H3;1-2H3. The summed E-state index contributed by atoms with van der Waals surface area (Å²) >= 11 is 0. The second-order valence-electron chi connectivity index (χ2n) is 7.66. The molecule has 0 saturated heterocycles. The second kappa shape index (κ2) is 27.9. The minimum atomic E-state index is -1.15. The van der Waals surface area contributed by atoms with E-state index in [0.717, 1.165) is 64.2 Å². The fourth-order valence-electron chi connectivity index (χ4n) is 2.67. The van der Waals surface area contributed by atoms with Gasteiger partial charge in [0.1, 0.15) is 12.6 Å². The maximum atomic E-state index is 11.7. The SMILES string of the molecule is CC.CCC.NC(CNC(=O)CCCCCCCCCCCCC(=O)O)C(=O)NCC(=O)O. The smallest absolute Gasteiger partial charge is 0.322 e. The van der Waals surface area contributed by atoms with Crippen LogP contribution >= 0.6 is 0 Å². The number of nitrogens with two attached hydrogens (primary N) is 1. The first-order valence-corrected chi connectivity index (χ1v) is 12.5. The Morgan fingerprint density at radius 3 is 1.48 bits per heavy atom. The molecule has 0 radical (unpaired) electrons. The highest BCUT2D eigenvalue weighted by molar-refractivity contribution is 5.86. The van der Waals surface area contributed by atoms with Gasteiger partial charge in [0.05, 0.1) is 0 Å². The summed E-state index contributed by atoms with van der Waals surface area (Å²) in [5.41, 5.74) is 5.58. The zero-order valence-corrected chi connectivity index (χ0v) is 21.3. The first kappa shape index (κ1) is 35.4. The van der Waals surface area contributed by atoms with Crippen LogP contribution in [0.5, 0.6) is 0 Å². The summed E-state index contributed by atoms with van der Waals surface area (Å²) in [7, 11) is 0. The van der Waals surface area contributed by atoms with Crippen LogP contribution in [0, 0.1) is 0 Å². The lowest BCUT2D eigenvalue weighted by molar-refractivity contribution is -0.138. The molecule has 9 heteroatoms. The number of amides is 2. The van der Waals surface area contributed by atoms with Gasteiger partial charge in [-0.2, -0.15) is 0 Å². The predicted octanol–water partition coefficient (Wildman–Crippen LogP) is 3.84. The second-order valence-corrected chi connectivity index (χ2v) is 7.66. The van der Waals surface area contributed by atoms with E-state index in [1.807, 2.05) is 13.8 Å². The molecule has 1 atom stereocenters. The van der Waals surface area contributed by atoms with Gasteiger partial charge >= 0.3 is 11.9 Å². The molecule has 9 nitrogen and oxygen atoms in total. The highest BCUT2D eigenvalue weighted by Gasteiger charge is 2.14. The van der Waals surface area contributed by atoms with Crippen LogP contribution in [-0.2, 0) is 19.2 Å². The van der Waals surface area contributed by atoms with Crippen LogP contribution in [0.4, 0.5) is 0 Å². The van der Waals surface area contributed by atoms with E-state index < -0.39 is 30.4 Å². The average Bonchev–Trinajstić information content (AvgIpc) is 2.78. The Bertz CT molecular complexity index is 501. The molecule has 0 bridgehead atoms. The molecule has 0 saturated carbocycles. The quantitative estimate of drug-likeness (QED) is 0.188. The van der Waals surface area contributed by atoms with Crippen molar-refractivity contribution in [2.24, 2.45) is 5.73 Å². The third-order valence-corrected chi connectivity index (χ3v) is 4.31. The Kier molecular flexibility index (Phi) is 29.9.